The van der Waals surface area contributed by atoms with E-state index < -0.39 is 0 Å². The number of nitrogens with two attached hydrogens (primary N) is 1. The van der Waals surface area contributed by atoms with E-state index in [0.717, 1.165) is 0 Å². The summed E-state index contributed by atoms with van der Waals surface area (Å²) in [6, 6.07) is 0. The Hall–Kier alpha value is -0.120. The number of hydrogen-bond donors (Lipinski definition) is 1. The lowest BCUT2D eigenvalue weighted by atomic mass is 10.3. The standard InChI is InChI=1S/C6H13NO2/c1-5-3-9-6(2-7)4-8-5/h5-6H,2-4,7H2,1H3/t5-,6+/m0/s1. The van der Waals surface area contributed by atoms with Gasteiger partial charge in [-0.25, -0.2) is 0 Å². The Morgan fingerprint density at radius 3 is 2.67 bits per heavy atom. The lowest BCUT2D eigenvalue weighted by Gasteiger charge is -2.26. The molecule has 1 fully saturated rings. The minimum atomic E-state index is 0.126. The Balaban J connectivity index is 2.18. The van der Waals surface area contributed by atoms with Crippen LogP contribution >= 0.6 is 0 Å². The summed E-state index contributed by atoms with van der Waals surface area (Å²) in [5.41, 5.74) is 5.34. The van der Waals surface area contributed by atoms with Crippen molar-refractivity contribution in [2.75, 3.05) is 19.8 Å². The van der Waals surface area contributed by atoms with Crippen molar-refractivity contribution in [3.05, 3.63) is 0 Å². The molecule has 1 saturated heterocycles. The highest BCUT2D eigenvalue weighted by atomic mass is 16.6. The molecule has 0 amide bonds. The van der Waals surface area contributed by atoms with Crippen LogP contribution in [-0.4, -0.2) is 32.0 Å². The third-order valence-corrected chi connectivity index (χ3v) is 1.40. The SMILES string of the molecule is C[C@H]1CO[C@H](CN)CO1. The zero-order valence-corrected chi connectivity index (χ0v) is 5.67. The second-order valence-corrected chi connectivity index (χ2v) is 2.33. The third-order valence-electron chi connectivity index (χ3n) is 1.40. The van der Waals surface area contributed by atoms with Gasteiger partial charge in [-0.3, -0.25) is 0 Å². The van der Waals surface area contributed by atoms with Gasteiger partial charge >= 0.3 is 0 Å². The second kappa shape index (κ2) is 3.15. The first kappa shape index (κ1) is 6.99. The van der Waals surface area contributed by atoms with Crippen molar-refractivity contribution in [2.45, 2.75) is 19.1 Å². The Morgan fingerprint density at radius 1 is 1.44 bits per heavy atom. The third kappa shape index (κ3) is 1.93. The number of rotatable bonds is 1. The fourth-order valence-corrected chi connectivity index (χ4v) is 0.775. The van der Waals surface area contributed by atoms with Gasteiger partial charge in [0, 0.05) is 6.54 Å². The number of ether oxygens (including phenoxy) is 2. The summed E-state index contributed by atoms with van der Waals surface area (Å²) in [5.74, 6) is 0. The Morgan fingerprint density at radius 2 is 2.22 bits per heavy atom. The van der Waals surface area contributed by atoms with Crippen molar-refractivity contribution < 1.29 is 9.47 Å². The van der Waals surface area contributed by atoms with Crippen molar-refractivity contribution in [2.24, 2.45) is 5.73 Å². The summed E-state index contributed by atoms with van der Waals surface area (Å²) in [6.07, 6.45) is 0.369. The van der Waals surface area contributed by atoms with Crippen LogP contribution in [0.1, 0.15) is 6.92 Å². The van der Waals surface area contributed by atoms with Crippen LogP contribution in [0.4, 0.5) is 0 Å². The van der Waals surface area contributed by atoms with Gasteiger partial charge in [-0.2, -0.15) is 0 Å². The van der Waals surface area contributed by atoms with Gasteiger partial charge in [0.1, 0.15) is 0 Å². The molecule has 0 spiro atoms. The van der Waals surface area contributed by atoms with Crippen LogP contribution in [0.15, 0.2) is 0 Å². The maximum atomic E-state index is 5.34. The van der Waals surface area contributed by atoms with E-state index in [1.54, 1.807) is 0 Å². The van der Waals surface area contributed by atoms with E-state index in [4.69, 9.17) is 15.2 Å². The molecule has 1 aliphatic rings. The highest BCUT2D eigenvalue weighted by Crippen LogP contribution is 2.04. The zero-order chi connectivity index (χ0) is 6.69. The van der Waals surface area contributed by atoms with Crippen molar-refractivity contribution in [1.29, 1.82) is 0 Å². The van der Waals surface area contributed by atoms with Gasteiger partial charge in [-0.05, 0) is 6.92 Å². The highest BCUT2D eigenvalue weighted by molar-refractivity contribution is 4.64. The van der Waals surface area contributed by atoms with Gasteiger partial charge in [0.05, 0.1) is 25.4 Å². The van der Waals surface area contributed by atoms with E-state index in [9.17, 15) is 0 Å². The first-order chi connectivity index (χ1) is 4.33. The maximum Gasteiger partial charge on any atom is 0.0931 e. The van der Waals surface area contributed by atoms with E-state index in [-0.39, 0.29) is 12.2 Å². The molecule has 0 aromatic rings. The molecule has 0 aromatic heterocycles. The molecule has 0 saturated carbocycles. The maximum absolute atomic E-state index is 5.34. The Bertz CT molecular complexity index is 79.1. The average molecular weight is 131 g/mol. The van der Waals surface area contributed by atoms with Crippen LogP contribution in [0.25, 0.3) is 0 Å². The van der Waals surface area contributed by atoms with Crippen LogP contribution < -0.4 is 5.73 Å². The first-order valence-electron chi connectivity index (χ1n) is 3.26. The van der Waals surface area contributed by atoms with Gasteiger partial charge in [0.25, 0.3) is 0 Å². The molecule has 1 aliphatic heterocycles. The minimum Gasteiger partial charge on any atom is -0.373 e. The van der Waals surface area contributed by atoms with Gasteiger partial charge in [0.15, 0.2) is 0 Å². The summed E-state index contributed by atoms with van der Waals surface area (Å²) in [7, 11) is 0. The molecule has 3 nitrogen and oxygen atoms in total. The van der Waals surface area contributed by atoms with Crippen molar-refractivity contribution in [3.8, 4) is 0 Å². The normalized spacial score (nSPS) is 36.7. The van der Waals surface area contributed by atoms with E-state index in [1.165, 1.54) is 0 Å². The van der Waals surface area contributed by atoms with E-state index in [2.05, 4.69) is 0 Å². The monoisotopic (exact) mass is 131 g/mol. The van der Waals surface area contributed by atoms with Crippen LogP contribution in [0.5, 0.6) is 0 Å². The molecule has 0 radical (unpaired) electrons. The molecular formula is C6H13NO2. The fourth-order valence-electron chi connectivity index (χ4n) is 0.775. The Kier molecular flexibility index (Phi) is 2.45. The molecule has 0 bridgehead atoms. The lowest BCUT2D eigenvalue weighted by molar-refractivity contribution is -0.122. The largest absolute Gasteiger partial charge is 0.373 e. The zero-order valence-electron chi connectivity index (χ0n) is 5.67. The molecule has 1 rings (SSSR count). The van der Waals surface area contributed by atoms with Gasteiger partial charge in [-0.1, -0.05) is 0 Å². The minimum absolute atomic E-state index is 0.126. The lowest BCUT2D eigenvalue weighted by Crippen LogP contribution is -2.38. The van der Waals surface area contributed by atoms with Crippen LogP contribution in [0.3, 0.4) is 0 Å². The van der Waals surface area contributed by atoms with E-state index in [1.807, 2.05) is 6.92 Å². The highest BCUT2D eigenvalue weighted by Gasteiger charge is 2.16. The molecule has 2 N–H and O–H groups in total. The Labute approximate surface area is 55.1 Å². The molecule has 0 unspecified atom stereocenters. The van der Waals surface area contributed by atoms with Crippen molar-refractivity contribution in [1.82, 2.24) is 0 Å². The van der Waals surface area contributed by atoms with Gasteiger partial charge < -0.3 is 15.2 Å². The first-order valence-corrected chi connectivity index (χ1v) is 3.26. The van der Waals surface area contributed by atoms with E-state index in [0.29, 0.717) is 19.8 Å². The molecule has 2 atom stereocenters. The smallest absolute Gasteiger partial charge is 0.0931 e. The second-order valence-electron chi connectivity index (χ2n) is 2.33. The summed E-state index contributed by atoms with van der Waals surface area (Å²) < 4.78 is 10.6. The summed E-state index contributed by atoms with van der Waals surface area (Å²) in [5, 5.41) is 0. The van der Waals surface area contributed by atoms with Crippen molar-refractivity contribution in [3.63, 3.8) is 0 Å². The average Bonchev–Trinajstić information content (AvgIpc) is 1.90. The predicted octanol–water partition coefficient (Wildman–Crippen LogP) is -0.251. The topological polar surface area (TPSA) is 44.5 Å². The molecule has 3 heteroatoms. The summed E-state index contributed by atoms with van der Waals surface area (Å²) in [4.78, 5) is 0. The predicted molar refractivity (Wildman–Crippen MR) is 34.2 cm³/mol. The fraction of sp³-hybridized carbons (Fsp3) is 1.00. The number of hydrogen-bond acceptors (Lipinski definition) is 3. The summed E-state index contributed by atoms with van der Waals surface area (Å²) >= 11 is 0. The van der Waals surface area contributed by atoms with Crippen molar-refractivity contribution >= 4 is 0 Å². The molecule has 0 aliphatic carbocycles. The quantitative estimate of drug-likeness (QED) is 0.533. The van der Waals surface area contributed by atoms with Crippen LogP contribution in [-0.2, 0) is 9.47 Å². The molecule has 9 heavy (non-hydrogen) atoms. The molecule has 54 valence electrons. The van der Waals surface area contributed by atoms with Crippen LogP contribution in [0, 0.1) is 0 Å². The summed E-state index contributed by atoms with van der Waals surface area (Å²) in [6.45, 7) is 3.89. The van der Waals surface area contributed by atoms with Gasteiger partial charge in [-0.15, -0.1) is 0 Å². The van der Waals surface area contributed by atoms with Gasteiger partial charge in [0.2, 0.25) is 0 Å². The van der Waals surface area contributed by atoms with Crippen LogP contribution in [0.2, 0.25) is 0 Å². The molecule has 1 heterocycles. The van der Waals surface area contributed by atoms with E-state index >= 15 is 0 Å². The molecule has 0 aromatic carbocycles. The molecular weight excluding hydrogens is 118 g/mol.